The van der Waals surface area contributed by atoms with Crippen LogP contribution in [0.1, 0.15) is 39.5 Å². The van der Waals surface area contributed by atoms with Gasteiger partial charge in [0.2, 0.25) is 0 Å². The van der Waals surface area contributed by atoms with Crippen LogP contribution in [0.15, 0.2) is 42.9 Å². The predicted molar refractivity (Wildman–Crippen MR) is 131 cm³/mol. The lowest BCUT2D eigenvalue weighted by Gasteiger charge is -2.32. The van der Waals surface area contributed by atoms with E-state index in [9.17, 15) is 14.5 Å². The number of rotatable bonds is 9. The maximum atomic E-state index is 16.3. The summed E-state index contributed by atoms with van der Waals surface area (Å²) in [6.07, 6.45) is -1.40. The fourth-order valence-electron chi connectivity index (χ4n) is 4.58. The molecule has 1 aliphatic heterocycles. The monoisotopic (exact) mass is 550 g/mol. The van der Waals surface area contributed by atoms with E-state index < -0.39 is 48.8 Å². The molecule has 0 bridgehead atoms. The van der Waals surface area contributed by atoms with Gasteiger partial charge in [0.25, 0.3) is 0 Å². The number of nitrogen functional groups attached to an aromatic ring is 1. The number of imidazole rings is 1. The summed E-state index contributed by atoms with van der Waals surface area (Å²) in [5, 5.41) is 18.0. The molecule has 4 N–H and O–H groups in total. The lowest BCUT2D eigenvalue weighted by atomic mass is 9.91. The van der Waals surface area contributed by atoms with Gasteiger partial charge in [0.05, 0.1) is 18.5 Å². The van der Waals surface area contributed by atoms with E-state index in [2.05, 4.69) is 20.2 Å². The molecule has 5 rings (SSSR count). The zero-order valence-corrected chi connectivity index (χ0v) is 22.0. The second kappa shape index (κ2) is 8.95. The molecular formula is C23H28FN6O7P. The summed E-state index contributed by atoms with van der Waals surface area (Å²) in [7, 11) is -4.42. The molecule has 2 aliphatic rings. The van der Waals surface area contributed by atoms with Gasteiger partial charge in [-0.05, 0) is 39.8 Å². The predicted octanol–water partition coefficient (Wildman–Crippen LogP) is 2.12. The zero-order valence-electron chi connectivity index (χ0n) is 21.1. The van der Waals surface area contributed by atoms with Gasteiger partial charge in [0.15, 0.2) is 22.7 Å². The van der Waals surface area contributed by atoms with Gasteiger partial charge >= 0.3 is 13.7 Å². The maximum absolute atomic E-state index is 16.3. The average molecular weight is 550 g/mol. The first kappa shape index (κ1) is 26.4. The van der Waals surface area contributed by atoms with E-state index in [4.69, 9.17) is 24.3 Å². The fraction of sp³-hybridized carbons (Fsp3) is 0.478. The van der Waals surface area contributed by atoms with Crippen LogP contribution in [0.3, 0.4) is 0 Å². The standard InChI is InChI=1S/C23H28FN6O7P/c1-5-34-20(31)21(2,3)29-38(33,36-13-9-7-6-8-10-13)37-17-16-23(17,32)22(4,24)15(35-16)14-11-26-19-18(25)27-12-28-30(14)19/h6-12,15-17,32H,5H2,1-4H3,(H,29,33)(H2,25,27,28). The molecule has 38 heavy (non-hydrogen) atoms. The molecule has 0 radical (unpaired) electrons. The van der Waals surface area contributed by atoms with Crippen molar-refractivity contribution in [2.24, 2.45) is 0 Å². The van der Waals surface area contributed by atoms with E-state index in [-0.39, 0.29) is 29.5 Å². The van der Waals surface area contributed by atoms with Gasteiger partial charge < -0.3 is 24.8 Å². The third-order valence-corrected chi connectivity index (χ3v) is 8.43. The highest BCUT2D eigenvalue weighted by Crippen LogP contribution is 2.67. The number of hydrogen-bond donors (Lipinski definition) is 3. The van der Waals surface area contributed by atoms with Crippen molar-refractivity contribution >= 4 is 25.2 Å². The number of hydrogen-bond acceptors (Lipinski definition) is 11. The molecule has 2 aromatic heterocycles. The van der Waals surface area contributed by atoms with Gasteiger partial charge in [-0.3, -0.25) is 9.32 Å². The molecule has 1 aliphatic carbocycles. The molecule has 6 unspecified atom stereocenters. The first-order chi connectivity index (χ1) is 17.8. The number of nitrogens with zero attached hydrogens (tertiary/aromatic N) is 4. The van der Waals surface area contributed by atoms with E-state index in [0.29, 0.717) is 0 Å². The number of nitrogens with two attached hydrogens (primary N) is 1. The average Bonchev–Trinajstić information content (AvgIpc) is 3.12. The summed E-state index contributed by atoms with van der Waals surface area (Å²) in [6.45, 7) is 5.73. The summed E-state index contributed by atoms with van der Waals surface area (Å²) in [4.78, 5) is 20.5. The Balaban J connectivity index is 1.42. The second-order valence-electron chi connectivity index (χ2n) is 9.79. The van der Waals surface area contributed by atoms with Crippen LogP contribution in [0.25, 0.3) is 5.65 Å². The van der Waals surface area contributed by atoms with Crippen molar-refractivity contribution in [2.75, 3.05) is 12.3 Å². The third-order valence-electron chi connectivity index (χ3n) is 6.64. The van der Waals surface area contributed by atoms with Gasteiger partial charge in [-0.2, -0.15) is 10.2 Å². The quantitative estimate of drug-likeness (QED) is 0.262. The van der Waals surface area contributed by atoms with Crippen molar-refractivity contribution in [1.82, 2.24) is 24.7 Å². The maximum Gasteiger partial charge on any atom is 0.460 e. The van der Waals surface area contributed by atoms with E-state index >= 15 is 4.39 Å². The number of nitrogens with one attached hydrogen (secondary N) is 1. The highest BCUT2D eigenvalue weighted by molar-refractivity contribution is 7.52. The molecule has 0 spiro atoms. The van der Waals surface area contributed by atoms with Gasteiger partial charge in [0.1, 0.15) is 35.9 Å². The lowest BCUT2D eigenvalue weighted by molar-refractivity contribution is -0.149. The number of carbonyl (C=O) groups is 1. The van der Waals surface area contributed by atoms with Crippen LogP contribution in [0, 0.1) is 0 Å². The minimum absolute atomic E-state index is 0.0872. The molecule has 1 saturated heterocycles. The molecule has 3 aromatic rings. The number of aromatic nitrogens is 4. The normalized spacial score (nSPS) is 30.0. The number of benzene rings is 1. The van der Waals surface area contributed by atoms with Crippen molar-refractivity contribution in [3.63, 3.8) is 0 Å². The number of halogens is 1. The van der Waals surface area contributed by atoms with Crippen molar-refractivity contribution in [3.05, 3.63) is 48.5 Å². The first-order valence-corrected chi connectivity index (χ1v) is 13.4. The largest absolute Gasteiger partial charge is 0.465 e. The Morgan fingerprint density at radius 2 is 2.05 bits per heavy atom. The van der Waals surface area contributed by atoms with Crippen LogP contribution < -0.4 is 15.3 Å². The number of ether oxygens (including phenoxy) is 2. The first-order valence-electron chi connectivity index (χ1n) is 11.8. The fourth-order valence-corrected chi connectivity index (χ4v) is 6.47. The molecule has 15 heteroatoms. The summed E-state index contributed by atoms with van der Waals surface area (Å²) >= 11 is 0. The minimum atomic E-state index is -4.42. The van der Waals surface area contributed by atoms with E-state index in [1.807, 2.05) is 0 Å². The Labute approximate surface area is 217 Å². The SMILES string of the molecule is CCOC(=O)C(C)(C)NP(=O)(Oc1ccccc1)OC1C2OC(c3cnc4c(N)ncnn34)C(C)(F)C21O. The zero-order chi connectivity index (χ0) is 27.5. The molecule has 1 saturated carbocycles. The molecular weight excluding hydrogens is 522 g/mol. The number of aliphatic hydroxyl groups is 1. The molecule has 1 aromatic carbocycles. The Bertz CT molecular complexity index is 1420. The molecule has 3 heterocycles. The topological polar surface area (TPSA) is 172 Å². The number of carbonyl (C=O) groups excluding carboxylic acids is 1. The molecule has 0 amide bonds. The smallest absolute Gasteiger partial charge is 0.460 e. The number of alkyl halides is 1. The summed E-state index contributed by atoms with van der Waals surface area (Å²) in [5.41, 5.74) is 0.0570. The second-order valence-corrected chi connectivity index (χ2v) is 11.4. The third kappa shape index (κ3) is 4.12. The molecule has 204 valence electrons. The van der Waals surface area contributed by atoms with Gasteiger partial charge in [-0.25, -0.2) is 23.4 Å². The van der Waals surface area contributed by atoms with Gasteiger partial charge in [-0.15, -0.1) is 0 Å². The van der Waals surface area contributed by atoms with E-state index in [0.717, 1.165) is 6.92 Å². The van der Waals surface area contributed by atoms with Crippen molar-refractivity contribution in [2.45, 2.75) is 62.8 Å². The van der Waals surface area contributed by atoms with Crippen LogP contribution >= 0.6 is 7.75 Å². The van der Waals surface area contributed by atoms with Crippen molar-refractivity contribution < 1.29 is 37.4 Å². The number of para-hydroxylation sites is 1. The van der Waals surface area contributed by atoms with Crippen LogP contribution in [0.4, 0.5) is 10.2 Å². The van der Waals surface area contributed by atoms with Crippen LogP contribution in [-0.2, 0) is 23.4 Å². The summed E-state index contributed by atoms with van der Waals surface area (Å²) in [5.74, 6) is -0.467. The Morgan fingerprint density at radius 1 is 1.34 bits per heavy atom. The Morgan fingerprint density at radius 3 is 2.68 bits per heavy atom. The lowest BCUT2D eigenvalue weighted by Crippen LogP contribution is -2.48. The molecule has 2 fully saturated rings. The van der Waals surface area contributed by atoms with Crippen molar-refractivity contribution in [1.29, 1.82) is 0 Å². The van der Waals surface area contributed by atoms with Crippen LogP contribution in [-0.4, -0.2) is 66.3 Å². The highest BCUT2D eigenvalue weighted by atomic mass is 31.2. The van der Waals surface area contributed by atoms with Crippen LogP contribution in [0.5, 0.6) is 5.75 Å². The minimum Gasteiger partial charge on any atom is -0.465 e. The Kier molecular flexibility index (Phi) is 6.23. The van der Waals surface area contributed by atoms with E-state index in [1.54, 1.807) is 25.1 Å². The summed E-state index contributed by atoms with van der Waals surface area (Å²) < 4.78 is 53.8. The highest BCUT2D eigenvalue weighted by Gasteiger charge is 2.85. The Hall–Kier alpha value is -3.16. The molecule has 13 nitrogen and oxygen atoms in total. The van der Waals surface area contributed by atoms with Gasteiger partial charge in [-0.1, -0.05) is 18.2 Å². The number of esters is 1. The van der Waals surface area contributed by atoms with Crippen molar-refractivity contribution in [3.8, 4) is 5.75 Å². The van der Waals surface area contributed by atoms with E-state index in [1.165, 1.54) is 43.0 Å². The summed E-state index contributed by atoms with van der Waals surface area (Å²) in [6, 6.07) is 8.08. The number of fused-ring (bicyclic) bond motifs is 2. The van der Waals surface area contributed by atoms with Gasteiger partial charge in [0, 0.05) is 0 Å². The molecule has 6 atom stereocenters. The van der Waals surface area contributed by atoms with Crippen LogP contribution in [0.2, 0.25) is 0 Å². The number of anilines is 1.